The van der Waals surface area contributed by atoms with Crippen LogP contribution in [0.3, 0.4) is 0 Å². The van der Waals surface area contributed by atoms with Gasteiger partial charge in [-0.3, -0.25) is 14.9 Å². The summed E-state index contributed by atoms with van der Waals surface area (Å²) in [6, 6.07) is 9.52. The molecule has 1 N–H and O–H groups in total. The van der Waals surface area contributed by atoms with Gasteiger partial charge in [0.05, 0.1) is 23.6 Å². The van der Waals surface area contributed by atoms with Crippen molar-refractivity contribution in [3.63, 3.8) is 0 Å². The molecular formula is C21H24N2O7. The predicted octanol–water partition coefficient (Wildman–Crippen LogP) is 2.96. The number of hydrogen-bond donors (Lipinski definition) is 1. The Balaban J connectivity index is 1.79. The molecule has 0 saturated heterocycles. The van der Waals surface area contributed by atoms with Crippen molar-refractivity contribution in [2.24, 2.45) is 0 Å². The van der Waals surface area contributed by atoms with Crippen LogP contribution in [0, 0.1) is 24.0 Å². The lowest BCUT2D eigenvalue weighted by Gasteiger charge is -2.11. The number of rotatable bonds is 10. The van der Waals surface area contributed by atoms with Crippen molar-refractivity contribution in [2.75, 3.05) is 26.4 Å². The predicted molar refractivity (Wildman–Crippen MR) is 109 cm³/mol. The molecule has 9 nitrogen and oxygen atoms in total. The Bertz CT molecular complexity index is 928. The first kappa shape index (κ1) is 22.7. The van der Waals surface area contributed by atoms with Gasteiger partial charge in [0.15, 0.2) is 12.4 Å². The molecule has 0 saturated carbocycles. The minimum absolute atomic E-state index is 0.0452. The summed E-state index contributed by atoms with van der Waals surface area (Å²) in [5.41, 5.74) is 1.74. The van der Waals surface area contributed by atoms with Gasteiger partial charge in [-0.2, -0.15) is 0 Å². The van der Waals surface area contributed by atoms with Crippen LogP contribution < -0.4 is 14.8 Å². The highest BCUT2D eigenvalue weighted by atomic mass is 16.6. The number of hydrogen-bond acceptors (Lipinski definition) is 7. The summed E-state index contributed by atoms with van der Waals surface area (Å²) in [7, 11) is 0. The van der Waals surface area contributed by atoms with E-state index >= 15 is 0 Å². The lowest BCUT2D eigenvalue weighted by Crippen LogP contribution is -2.32. The molecular weight excluding hydrogens is 392 g/mol. The van der Waals surface area contributed by atoms with Crippen LogP contribution in [0.2, 0.25) is 0 Å². The number of benzene rings is 2. The fourth-order valence-electron chi connectivity index (χ4n) is 2.64. The third-order valence-electron chi connectivity index (χ3n) is 4.04. The zero-order chi connectivity index (χ0) is 22.1. The van der Waals surface area contributed by atoms with Gasteiger partial charge in [-0.15, -0.1) is 0 Å². The molecule has 2 aromatic rings. The van der Waals surface area contributed by atoms with E-state index in [4.69, 9.17) is 14.2 Å². The lowest BCUT2D eigenvalue weighted by molar-refractivity contribution is -0.385. The monoisotopic (exact) mass is 416 g/mol. The minimum atomic E-state index is -0.845. The van der Waals surface area contributed by atoms with Crippen LogP contribution in [-0.4, -0.2) is 43.2 Å². The van der Waals surface area contributed by atoms with E-state index in [0.717, 1.165) is 22.9 Å². The number of nitrogens with zero attached hydrogens (tertiary/aromatic N) is 1. The van der Waals surface area contributed by atoms with Gasteiger partial charge in [-0.1, -0.05) is 17.7 Å². The van der Waals surface area contributed by atoms with Crippen LogP contribution in [0.1, 0.15) is 28.4 Å². The van der Waals surface area contributed by atoms with E-state index in [1.54, 1.807) is 6.92 Å². The van der Waals surface area contributed by atoms with Crippen molar-refractivity contribution < 1.29 is 28.7 Å². The highest BCUT2D eigenvalue weighted by Gasteiger charge is 2.20. The summed E-state index contributed by atoms with van der Waals surface area (Å²) in [6.07, 6.45) is 0. The number of nitro groups is 1. The van der Waals surface area contributed by atoms with Gasteiger partial charge in [0, 0.05) is 6.07 Å². The maximum absolute atomic E-state index is 12.1. The van der Waals surface area contributed by atoms with Crippen LogP contribution >= 0.6 is 0 Å². The van der Waals surface area contributed by atoms with Gasteiger partial charge in [0.1, 0.15) is 12.4 Å². The Morgan fingerprint density at radius 1 is 1.07 bits per heavy atom. The first-order valence-corrected chi connectivity index (χ1v) is 9.37. The Kier molecular flexibility index (Phi) is 8.16. The fourth-order valence-corrected chi connectivity index (χ4v) is 2.64. The highest BCUT2D eigenvalue weighted by molar-refractivity contribution is 5.92. The van der Waals surface area contributed by atoms with E-state index < -0.39 is 23.4 Å². The summed E-state index contributed by atoms with van der Waals surface area (Å²) in [5.74, 6) is -0.560. The molecule has 0 unspecified atom stereocenters. The molecule has 0 fully saturated rings. The van der Waals surface area contributed by atoms with Crippen LogP contribution in [0.25, 0.3) is 0 Å². The summed E-state index contributed by atoms with van der Waals surface area (Å²) >= 11 is 0. The molecule has 0 heterocycles. The molecule has 30 heavy (non-hydrogen) atoms. The van der Waals surface area contributed by atoms with Gasteiger partial charge >= 0.3 is 11.7 Å². The maximum Gasteiger partial charge on any atom is 0.338 e. The van der Waals surface area contributed by atoms with E-state index in [1.807, 2.05) is 32.0 Å². The largest absolute Gasteiger partial charge is 0.491 e. The standard InChI is InChI=1S/C21H24N2O7/c1-4-28-19-8-6-16(12-17(19)23(26)27)21(25)30-13-20(24)22-9-10-29-18-7-5-14(2)11-15(18)3/h5-8,11-12H,4,9-10,13H2,1-3H3,(H,22,24). The molecule has 2 aromatic carbocycles. The Morgan fingerprint density at radius 3 is 2.47 bits per heavy atom. The molecule has 0 aliphatic carbocycles. The first-order chi connectivity index (χ1) is 14.3. The first-order valence-electron chi connectivity index (χ1n) is 9.37. The number of nitrogens with one attached hydrogen (secondary N) is 1. The molecule has 0 radical (unpaired) electrons. The van der Waals surface area contributed by atoms with Gasteiger partial charge in [0.2, 0.25) is 0 Å². The number of carbonyl (C=O) groups is 2. The van der Waals surface area contributed by atoms with Crippen LogP contribution in [-0.2, 0) is 9.53 Å². The summed E-state index contributed by atoms with van der Waals surface area (Å²) in [4.78, 5) is 34.4. The third-order valence-corrected chi connectivity index (χ3v) is 4.04. The van der Waals surface area contributed by atoms with Crippen molar-refractivity contribution in [1.29, 1.82) is 0 Å². The van der Waals surface area contributed by atoms with Crippen molar-refractivity contribution in [3.05, 3.63) is 63.2 Å². The molecule has 0 atom stereocenters. The van der Waals surface area contributed by atoms with Crippen molar-refractivity contribution in [2.45, 2.75) is 20.8 Å². The van der Waals surface area contributed by atoms with E-state index in [-0.39, 0.29) is 36.8 Å². The molecule has 0 bridgehead atoms. The number of amides is 1. The summed E-state index contributed by atoms with van der Waals surface area (Å²) < 4.78 is 15.7. The summed E-state index contributed by atoms with van der Waals surface area (Å²) in [6.45, 7) is 5.85. The number of esters is 1. The average Bonchev–Trinajstić information content (AvgIpc) is 2.71. The Labute approximate surface area is 174 Å². The smallest absolute Gasteiger partial charge is 0.338 e. The minimum Gasteiger partial charge on any atom is -0.491 e. The average molecular weight is 416 g/mol. The Hall–Kier alpha value is -3.62. The van der Waals surface area contributed by atoms with Crippen LogP contribution in [0.5, 0.6) is 11.5 Å². The molecule has 160 valence electrons. The maximum atomic E-state index is 12.1. The fraction of sp³-hybridized carbons (Fsp3) is 0.333. The third kappa shape index (κ3) is 6.47. The van der Waals surface area contributed by atoms with E-state index in [0.29, 0.717) is 0 Å². The zero-order valence-electron chi connectivity index (χ0n) is 17.1. The topological polar surface area (TPSA) is 117 Å². The van der Waals surface area contributed by atoms with Gasteiger partial charge in [-0.05, 0) is 44.5 Å². The van der Waals surface area contributed by atoms with Gasteiger partial charge in [0.25, 0.3) is 5.91 Å². The SMILES string of the molecule is CCOc1ccc(C(=O)OCC(=O)NCCOc2ccc(C)cc2C)cc1[N+](=O)[O-]. The molecule has 2 rings (SSSR count). The van der Waals surface area contributed by atoms with Crippen LogP contribution in [0.15, 0.2) is 36.4 Å². The van der Waals surface area contributed by atoms with Gasteiger partial charge < -0.3 is 19.5 Å². The number of ether oxygens (including phenoxy) is 3. The molecule has 0 aromatic heterocycles. The molecule has 0 aliphatic heterocycles. The lowest BCUT2D eigenvalue weighted by atomic mass is 10.1. The second-order valence-corrected chi connectivity index (χ2v) is 6.42. The van der Waals surface area contributed by atoms with Crippen LogP contribution in [0.4, 0.5) is 5.69 Å². The molecule has 0 aliphatic rings. The van der Waals surface area contributed by atoms with E-state index in [2.05, 4.69) is 5.32 Å². The highest BCUT2D eigenvalue weighted by Crippen LogP contribution is 2.28. The second kappa shape index (κ2) is 10.8. The molecule has 9 heteroatoms. The number of aryl methyl sites for hydroxylation is 2. The van der Waals surface area contributed by atoms with Crippen molar-refractivity contribution >= 4 is 17.6 Å². The normalized spacial score (nSPS) is 10.2. The van der Waals surface area contributed by atoms with Crippen molar-refractivity contribution in [3.8, 4) is 11.5 Å². The van der Waals surface area contributed by atoms with E-state index in [9.17, 15) is 19.7 Å². The van der Waals surface area contributed by atoms with Gasteiger partial charge in [-0.25, -0.2) is 4.79 Å². The second-order valence-electron chi connectivity index (χ2n) is 6.42. The zero-order valence-corrected chi connectivity index (χ0v) is 17.1. The number of nitro benzene ring substituents is 1. The van der Waals surface area contributed by atoms with Crippen molar-refractivity contribution in [1.82, 2.24) is 5.32 Å². The molecule has 1 amide bonds. The number of carbonyl (C=O) groups excluding carboxylic acids is 2. The summed E-state index contributed by atoms with van der Waals surface area (Å²) in [5, 5.41) is 13.7. The Morgan fingerprint density at radius 2 is 1.80 bits per heavy atom. The van der Waals surface area contributed by atoms with E-state index in [1.165, 1.54) is 12.1 Å². The quantitative estimate of drug-likeness (QED) is 0.274. The molecule has 0 spiro atoms.